The third kappa shape index (κ3) is 5.32. The van der Waals surface area contributed by atoms with E-state index >= 15 is 0 Å². The van der Waals surface area contributed by atoms with Crippen LogP contribution in [0, 0.1) is 5.92 Å². The second kappa shape index (κ2) is 10.5. The van der Waals surface area contributed by atoms with Gasteiger partial charge in [-0.2, -0.15) is 0 Å². The maximum Gasteiger partial charge on any atom is 0.303 e. The number of allylic oxidation sites excluding steroid dienone is 1. The third-order valence-electron chi connectivity index (χ3n) is 6.64. The first-order valence-corrected chi connectivity index (χ1v) is 13.9. The minimum Gasteiger partial charge on any atom is -0.481 e. The topological polar surface area (TPSA) is 101 Å². The average Bonchev–Trinajstić information content (AvgIpc) is 3.14. The molecule has 1 amide bonds. The molecule has 1 heterocycles. The van der Waals surface area contributed by atoms with E-state index in [2.05, 4.69) is 0 Å². The van der Waals surface area contributed by atoms with Crippen LogP contribution in [0.25, 0.3) is 5.57 Å². The van der Waals surface area contributed by atoms with Gasteiger partial charge in [-0.25, -0.2) is 8.42 Å². The fraction of sp³-hybridized carbons (Fsp3) is 0.385. The van der Waals surface area contributed by atoms with Crippen LogP contribution in [0.15, 0.2) is 47.4 Å². The summed E-state index contributed by atoms with van der Waals surface area (Å²) in [5, 5.41) is 8.61. The lowest BCUT2D eigenvalue weighted by Crippen LogP contribution is -2.40. The zero-order valence-corrected chi connectivity index (χ0v) is 22.2. The molecule has 0 bridgehead atoms. The summed E-state index contributed by atoms with van der Waals surface area (Å²) >= 11 is 12.2. The number of morpholine rings is 1. The monoisotopic (exact) mass is 551 g/mol. The van der Waals surface area contributed by atoms with Crippen molar-refractivity contribution in [1.29, 1.82) is 0 Å². The van der Waals surface area contributed by atoms with Crippen molar-refractivity contribution in [3.63, 3.8) is 0 Å². The Morgan fingerprint density at radius 3 is 2.36 bits per heavy atom. The van der Waals surface area contributed by atoms with Crippen LogP contribution in [0.3, 0.4) is 0 Å². The lowest BCUT2D eigenvalue weighted by Gasteiger charge is -2.27. The number of nitrogens with zero attached hydrogens (tertiary/aromatic N) is 1. The Kier molecular flexibility index (Phi) is 7.80. The van der Waals surface area contributed by atoms with E-state index in [1.165, 1.54) is 18.2 Å². The highest BCUT2D eigenvalue weighted by molar-refractivity contribution is 7.91. The van der Waals surface area contributed by atoms with Gasteiger partial charge in [0, 0.05) is 41.0 Å². The molecule has 0 saturated carbocycles. The molecule has 1 saturated heterocycles. The summed E-state index contributed by atoms with van der Waals surface area (Å²) < 4.78 is 33.0. The molecule has 0 spiro atoms. The zero-order valence-electron chi connectivity index (χ0n) is 19.9. The van der Waals surface area contributed by atoms with Gasteiger partial charge in [-0.15, -0.1) is 0 Å². The van der Waals surface area contributed by atoms with E-state index in [9.17, 15) is 23.1 Å². The second-order valence-electron chi connectivity index (χ2n) is 9.27. The van der Waals surface area contributed by atoms with E-state index in [1.807, 2.05) is 13.0 Å². The van der Waals surface area contributed by atoms with Gasteiger partial charge in [-0.05, 0) is 40.8 Å². The van der Waals surface area contributed by atoms with Crippen LogP contribution < -0.4 is 0 Å². The number of sulfone groups is 1. The Morgan fingerprint density at radius 2 is 1.75 bits per heavy atom. The van der Waals surface area contributed by atoms with Crippen LogP contribution in [-0.4, -0.2) is 56.6 Å². The quantitative estimate of drug-likeness (QED) is 0.520. The summed E-state index contributed by atoms with van der Waals surface area (Å²) in [5.41, 5.74) is 2.64. The molecule has 0 aromatic heterocycles. The van der Waals surface area contributed by atoms with Gasteiger partial charge in [0.05, 0.1) is 23.4 Å². The molecule has 3 atom stereocenters. The van der Waals surface area contributed by atoms with Crippen molar-refractivity contribution in [2.45, 2.75) is 36.3 Å². The van der Waals surface area contributed by atoms with Gasteiger partial charge >= 0.3 is 5.97 Å². The largest absolute Gasteiger partial charge is 0.481 e. The molecule has 2 aliphatic rings. The van der Waals surface area contributed by atoms with Crippen molar-refractivity contribution < 1.29 is 27.9 Å². The molecule has 2 unspecified atom stereocenters. The van der Waals surface area contributed by atoms with E-state index in [-0.39, 0.29) is 33.2 Å². The van der Waals surface area contributed by atoms with Crippen molar-refractivity contribution in [3.8, 4) is 0 Å². The molecule has 1 aliphatic heterocycles. The predicted molar refractivity (Wildman–Crippen MR) is 138 cm³/mol. The fourth-order valence-electron chi connectivity index (χ4n) is 4.97. The number of carbonyl (C=O) groups excluding carboxylic acids is 1. The van der Waals surface area contributed by atoms with Crippen LogP contribution >= 0.6 is 23.2 Å². The maximum atomic E-state index is 13.8. The van der Waals surface area contributed by atoms with Gasteiger partial charge in [0.2, 0.25) is 0 Å². The van der Waals surface area contributed by atoms with Crippen LogP contribution in [0.2, 0.25) is 10.0 Å². The predicted octanol–water partition coefficient (Wildman–Crippen LogP) is 4.98. The first kappa shape index (κ1) is 26.7. The van der Waals surface area contributed by atoms with Gasteiger partial charge < -0.3 is 14.7 Å². The number of carboxylic acid groups (broad SMARTS) is 1. The molecule has 36 heavy (non-hydrogen) atoms. The van der Waals surface area contributed by atoms with Gasteiger partial charge in [0.15, 0.2) is 9.84 Å². The van der Waals surface area contributed by atoms with E-state index in [0.29, 0.717) is 37.4 Å². The first-order chi connectivity index (χ1) is 17.0. The minimum absolute atomic E-state index is 0.0721. The summed E-state index contributed by atoms with van der Waals surface area (Å²) in [4.78, 5) is 26.4. The molecule has 4 rings (SSSR count). The zero-order chi connectivity index (χ0) is 26.2. The Morgan fingerprint density at radius 1 is 1.11 bits per heavy atom. The number of fused-ring (bicyclic) bond motifs is 1. The van der Waals surface area contributed by atoms with Crippen molar-refractivity contribution in [1.82, 2.24) is 4.90 Å². The van der Waals surface area contributed by atoms with E-state index < -0.39 is 27.0 Å². The average molecular weight is 552 g/mol. The molecule has 1 aliphatic carbocycles. The molecular weight excluding hydrogens is 525 g/mol. The number of halogens is 2. The molecule has 2 aromatic rings. The van der Waals surface area contributed by atoms with Crippen molar-refractivity contribution in [3.05, 3.63) is 69.2 Å². The smallest absolute Gasteiger partial charge is 0.303 e. The minimum atomic E-state index is -4.06. The van der Waals surface area contributed by atoms with E-state index in [1.54, 1.807) is 30.0 Å². The van der Waals surface area contributed by atoms with Crippen LogP contribution in [-0.2, 0) is 24.2 Å². The van der Waals surface area contributed by atoms with Gasteiger partial charge in [-0.3, -0.25) is 9.59 Å². The van der Waals surface area contributed by atoms with Crippen molar-refractivity contribution in [2.75, 3.05) is 26.3 Å². The summed E-state index contributed by atoms with van der Waals surface area (Å²) in [7, 11) is -4.06. The highest BCUT2D eigenvalue weighted by Gasteiger charge is 2.37. The Bertz CT molecular complexity index is 1310. The number of benzene rings is 2. The highest BCUT2D eigenvalue weighted by atomic mass is 35.5. The highest BCUT2D eigenvalue weighted by Crippen LogP contribution is 2.43. The lowest BCUT2D eigenvalue weighted by molar-refractivity contribution is -0.138. The number of rotatable bonds is 7. The third-order valence-corrected chi connectivity index (χ3v) is 9.38. The fourth-order valence-corrected chi connectivity index (χ4v) is 7.71. The molecule has 1 fully saturated rings. The second-order valence-corrected chi connectivity index (χ2v) is 12.2. The summed E-state index contributed by atoms with van der Waals surface area (Å²) in [6.45, 7) is 5.58. The SMILES string of the molecule is CC1C=C(C(=O)N2CCOCC2)c2ccc(C([C@@H](C)CC(=O)O)S(=O)(=O)c3cc(Cl)cc(Cl)c3)cc21. The van der Waals surface area contributed by atoms with Crippen molar-refractivity contribution in [2.24, 2.45) is 5.92 Å². The van der Waals surface area contributed by atoms with E-state index in [4.69, 9.17) is 27.9 Å². The molecule has 192 valence electrons. The standard InChI is InChI=1S/C26H27Cl2NO6S/c1-15-9-23(26(32)29-5-7-35-8-6-29)21-4-3-17(11-22(15)21)25(16(2)10-24(30)31)36(33,34)20-13-18(27)12-19(28)14-20/h3-4,9,11-16,25H,5-8,10H2,1-2H3,(H,30,31)/t15?,16-,25?/m0/s1. The summed E-state index contributed by atoms with van der Waals surface area (Å²) in [6.07, 6.45) is 1.55. The van der Waals surface area contributed by atoms with Gasteiger partial charge in [0.25, 0.3) is 5.91 Å². The van der Waals surface area contributed by atoms with Crippen LogP contribution in [0.5, 0.6) is 0 Å². The molecule has 2 aromatic carbocycles. The number of carbonyl (C=O) groups is 2. The van der Waals surface area contributed by atoms with Crippen LogP contribution in [0.1, 0.15) is 48.1 Å². The Hall–Kier alpha value is -2.39. The number of aliphatic carboxylic acids is 1. The number of carboxylic acids is 1. The Labute approximate surface area is 220 Å². The van der Waals surface area contributed by atoms with Gasteiger partial charge in [0.1, 0.15) is 0 Å². The number of hydrogen-bond donors (Lipinski definition) is 1. The van der Waals surface area contributed by atoms with Crippen LogP contribution in [0.4, 0.5) is 0 Å². The normalized spacial score (nSPS) is 19.4. The molecule has 0 radical (unpaired) electrons. The summed E-state index contributed by atoms with van der Waals surface area (Å²) in [5.74, 6) is -2.03. The maximum absolute atomic E-state index is 13.8. The lowest BCUT2D eigenvalue weighted by atomic mass is 9.92. The molecule has 1 N–H and O–H groups in total. The molecular formula is C26H27Cl2NO6S. The Balaban J connectivity index is 1.75. The summed E-state index contributed by atoms with van der Waals surface area (Å²) in [6, 6.07) is 9.29. The number of ether oxygens (including phenoxy) is 1. The van der Waals surface area contributed by atoms with Crippen molar-refractivity contribution >= 4 is 50.5 Å². The molecule has 10 heteroatoms. The first-order valence-electron chi connectivity index (χ1n) is 11.6. The van der Waals surface area contributed by atoms with Gasteiger partial charge in [-0.1, -0.05) is 61.3 Å². The number of amides is 1. The molecule has 7 nitrogen and oxygen atoms in total. The van der Waals surface area contributed by atoms with E-state index in [0.717, 1.165) is 11.1 Å². The number of hydrogen-bond acceptors (Lipinski definition) is 5.